The van der Waals surface area contributed by atoms with Crippen molar-refractivity contribution < 1.29 is 17.6 Å². The van der Waals surface area contributed by atoms with Crippen LogP contribution in [0.3, 0.4) is 0 Å². The predicted molar refractivity (Wildman–Crippen MR) is 62.2 cm³/mol. The lowest BCUT2D eigenvalue weighted by Crippen LogP contribution is -2.32. The first-order chi connectivity index (χ1) is 8.41. The number of carbonyl (C=O) groups is 1. The van der Waals surface area contributed by atoms with Crippen LogP contribution < -0.4 is 10.0 Å². The maximum Gasteiger partial charge on any atom is 0.325 e. The lowest BCUT2D eigenvalue weighted by Gasteiger charge is -2.09. The molecule has 0 spiro atoms. The van der Waals surface area contributed by atoms with Gasteiger partial charge in [-0.1, -0.05) is 12.0 Å². The Labute approximate surface area is 104 Å². The van der Waals surface area contributed by atoms with E-state index in [4.69, 9.17) is 9.56 Å². The fourth-order valence-electron chi connectivity index (χ4n) is 1.75. The van der Waals surface area contributed by atoms with Gasteiger partial charge in [-0.3, -0.25) is 9.69 Å². The van der Waals surface area contributed by atoms with Crippen molar-refractivity contribution in [3.63, 3.8) is 0 Å². The molecule has 8 nitrogen and oxygen atoms in total. The zero-order valence-corrected chi connectivity index (χ0v) is 10.7. The van der Waals surface area contributed by atoms with Crippen LogP contribution in [0, 0.1) is 0 Å². The second-order valence-corrected chi connectivity index (χ2v) is 5.99. The van der Waals surface area contributed by atoms with Gasteiger partial charge < -0.3 is 4.42 Å². The number of nitrogens with two attached hydrogens (primary N) is 1. The van der Waals surface area contributed by atoms with E-state index < -0.39 is 15.3 Å². The van der Waals surface area contributed by atoms with E-state index in [0.717, 1.165) is 6.42 Å². The van der Waals surface area contributed by atoms with Gasteiger partial charge in [-0.15, -0.1) is 5.10 Å². The van der Waals surface area contributed by atoms with Gasteiger partial charge in [0, 0.05) is 19.4 Å². The van der Waals surface area contributed by atoms with Crippen molar-refractivity contribution in [2.24, 2.45) is 5.14 Å². The van der Waals surface area contributed by atoms with Gasteiger partial charge in [-0.25, -0.2) is 13.6 Å². The van der Waals surface area contributed by atoms with Gasteiger partial charge >= 0.3 is 6.01 Å². The van der Waals surface area contributed by atoms with E-state index in [0.29, 0.717) is 12.3 Å². The molecule has 100 valence electrons. The third-order valence-electron chi connectivity index (χ3n) is 2.71. The molecule has 2 heterocycles. The fourth-order valence-corrected chi connectivity index (χ4v) is 2.48. The molecule has 1 fully saturated rings. The molecule has 0 bridgehead atoms. The van der Waals surface area contributed by atoms with Gasteiger partial charge in [0.25, 0.3) is 0 Å². The summed E-state index contributed by atoms with van der Waals surface area (Å²) in [5, 5.41) is 11.6. The molecule has 1 aliphatic rings. The Morgan fingerprint density at radius 1 is 1.50 bits per heavy atom. The second-order valence-electron chi connectivity index (χ2n) is 4.15. The highest BCUT2D eigenvalue weighted by Gasteiger charge is 2.39. The summed E-state index contributed by atoms with van der Waals surface area (Å²) >= 11 is 0. The Kier molecular flexibility index (Phi) is 3.35. The maximum absolute atomic E-state index is 11.7. The first-order valence-electron chi connectivity index (χ1n) is 5.56. The SMILES string of the molecule is CCCc1nnc(N2CC(S(N)(=O)=O)CC2=O)o1. The first kappa shape index (κ1) is 13.0. The second kappa shape index (κ2) is 4.65. The minimum absolute atomic E-state index is 0.0363. The topological polar surface area (TPSA) is 119 Å². The summed E-state index contributed by atoms with van der Waals surface area (Å²) in [6.07, 6.45) is 1.31. The van der Waals surface area contributed by atoms with Crippen molar-refractivity contribution in [2.45, 2.75) is 31.4 Å². The summed E-state index contributed by atoms with van der Waals surface area (Å²) < 4.78 is 27.7. The average molecular weight is 274 g/mol. The number of aryl methyl sites for hydroxylation is 1. The van der Waals surface area contributed by atoms with E-state index in [-0.39, 0.29) is 24.9 Å². The lowest BCUT2D eigenvalue weighted by atomic mass is 10.3. The summed E-state index contributed by atoms with van der Waals surface area (Å²) in [7, 11) is -3.73. The van der Waals surface area contributed by atoms with Crippen LogP contribution >= 0.6 is 0 Å². The summed E-state index contributed by atoms with van der Waals surface area (Å²) in [5.41, 5.74) is 0. The van der Waals surface area contributed by atoms with E-state index >= 15 is 0 Å². The summed E-state index contributed by atoms with van der Waals surface area (Å²) in [6, 6.07) is 0.0367. The summed E-state index contributed by atoms with van der Waals surface area (Å²) in [5.74, 6) is 0.0556. The zero-order chi connectivity index (χ0) is 13.3. The molecule has 1 saturated heterocycles. The molecule has 0 radical (unpaired) electrons. The number of hydrogen-bond donors (Lipinski definition) is 1. The lowest BCUT2D eigenvalue weighted by molar-refractivity contribution is -0.117. The molecule has 1 unspecified atom stereocenters. The first-order valence-corrected chi connectivity index (χ1v) is 7.17. The third-order valence-corrected chi connectivity index (χ3v) is 3.95. The fraction of sp³-hybridized carbons (Fsp3) is 0.667. The zero-order valence-electron chi connectivity index (χ0n) is 9.87. The largest absolute Gasteiger partial charge is 0.408 e. The minimum Gasteiger partial charge on any atom is -0.408 e. The average Bonchev–Trinajstić information content (AvgIpc) is 2.84. The van der Waals surface area contributed by atoms with Gasteiger partial charge in [0.1, 0.15) is 5.25 Å². The Morgan fingerprint density at radius 3 is 2.78 bits per heavy atom. The molecule has 0 saturated carbocycles. The van der Waals surface area contributed by atoms with Crippen LogP contribution in [0.15, 0.2) is 4.42 Å². The molecule has 1 amide bonds. The maximum atomic E-state index is 11.7. The molecular formula is C9H14N4O4S. The molecule has 18 heavy (non-hydrogen) atoms. The number of anilines is 1. The van der Waals surface area contributed by atoms with E-state index in [1.165, 1.54) is 4.90 Å². The molecular weight excluding hydrogens is 260 g/mol. The van der Waals surface area contributed by atoms with Gasteiger partial charge in [-0.2, -0.15) is 0 Å². The third kappa shape index (κ3) is 2.51. The van der Waals surface area contributed by atoms with Crippen LogP contribution in [0.5, 0.6) is 0 Å². The number of primary sulfonamides is 1. The number of hydrogen-bond acceptors (Lipinski definition) is 6. The van der Waals surface area contributed by atoms with E-state index in [1.807, 2.05) is 6.92 Å². The Balaban J connectivity index is 2.16. The molecule has 1 aromatic rings. The van der Waals surface area contributed by atoms with E-state index in [1.54, 1.807) is 0 Å². The smallest absolute Gasteiger partial charge is 0.325 e. The van der Waals surface area contributed by atoms with E-state index in [9.17, 15) is 13.2 Å². The monoisotopic (exact) mass is 274 g/mol. The van der Waals surface area contributed by atoms with Gasteiger partial charge in [0.15, 0.2) is 0 Å². The molecule has 2 rings (SSSR count). The number of nitrogens with zero attached hydrogens (tertiary/aromatic N) is 3. The van der Waals surface area contributed by atoms with Crippen molar-refractivity contribution in [1.82, 2.24) is 10.2 Å². The van der Waals surface area contributed by atoms with Crippen LogP contribution in [-0.4, -0.2) is 36.3 Å². The molecule has 0 aromatic carbocycles. The molecule has 9 heteroatoms. The summed E-state index contributed by atoms with van der Waals surface area (Å²) in [6.45, 7) is 1.92. The van der Waals surface area contributed by atoms with Crippen molar-refractivity contribution >= 4 is 21.9 Å². The molecule has 0 aliphatic carbocycles. The molecule has 2 N–H and O–H groups in total. The number of sulfonamides is 1. The van der Waals surface area contributed by atoms with Crippen molar-refractivity contribution in [3.05, 3.63) is 5.89 Å². The summed E-state index contributed by atoms with van der Waals surface area (Å²) in [4.78, 5) is 12.8. The normalized spacial score (nSPS) is 20.7. The Hall–Kier alpha value is -1.48. The number of rotatable bonds is 4. The van der Waals surface area contributed by atoms with Crippen molar-refractivity contribution in [2.75, 3.05) is 11.4 Å². The molecule has 1 aromatic heterocycles. The molecule has 1 aliphatic heterocycles. The van der Waals surface area contributed by atoms with E-state index in [2.05, 4.69) is 10.2 Å². The number of carbonyl (C=O) groups excluding carboxylic acids is 1. The van der Waals surface area contributed by atoms with Crippen LogP contribution in [0.4, 0.5) is 6.01 Å². The van der Waals surface area contributed by atoms with Crippen LogP contribution in [0.25, 0.3) is 0 Å². The minimum atomic E-state index is -3.73. The standard InChI is InChI=1S/C9H14N4O4S/c1-2-3-7-11-12-9(17-7)13-5-6(4-8(13)14)18(10,15)16/h6H,2-5H2,1H3,(H2,10,15,16). The number of amides is 1. The predicted octanol–water partition coefficient (Wildman–Crippen LogP) is -0.584. The quantitative estimate of drug-likeness (QED) is 0.784. The van der Waals surface area contributed by atoms with Crippen molar-refractivity contribution in [1.29, 1.82) is 0 Å². The Morgan fingerprint density at radius 2 is 2.22 bits per heavy atom. The highest BCUT2D eigenvalue weighted by atomic mass is 32.2. The van der Waals surface area contributed by atoms with Gasteiger partial charge in [0.2, 0.25) is 21.8 Å². The Bertz CT molecular complexity index is 553. The number of aromatic nitrogens is 2. The van der Waals surface area contributed by atoms with Crippen LogP contribution in [-0.2, 0) is 21.2 Å². The van der Waals surface area contributed by atoms with Gasteiger partial charge in [-0.05, 0) is 6.42 Å². The highest BCUT2D eigenvalue weighted by molar-refractivity contribution is 7.89. The van der Waals surface area contributed by atoms with Crippen molar-refractivity contribution in [3.8, 4) is 0 Å². The molecule has 1 atom stereocenters. The highest BCUT2D eigenvalue weighted by Crippen LogP contribution is 2.23. The van der Waals surface area contributed by atoms with Crippen LogP contribution in [0.2, 0.25) is 0 Å². The van der Waals surface area contributed by atoms with Crippen LogP contribution in [0.1, 0.15) is 25.7 Å². The van der Waals surface area contributed by atoms with Gasteiger partial charge in [0.05, 0.1) is 0 Å².